The molecule has 3 aromatic rings. The Morgan fingerprint density at radius 2 is 1.70 bits per heavy atom. The van der Waals surface area contributed by atoms with Crippen LogP contribution in [-0.2, 0) is 9.59 Å². The predicted octanol–water partition coefficient (Wildman–Crippen LogP) is 4.79. The van der Waals surface area contributed by atoms with E-state index in [4.69, 9.17) is 25.8 Å². The molecule has 0 saturated carbocycles. The Morgan fingerprint density at radius 1 is 0.919 bits per heavy atom. The molecule has 3 aromatic carbocycles. The van der Waals surface area contributed by atoms with Gasteiger partial charge >= 0.3 is 0 Å². The summed E-state index contributed by atoms with van der Waals surface area (Å²) in [6, 6.07) is 18.3. The Morgan fingerprint density at radius 3 is 2.43 bits per heavy atom. The van der Waals surface area contributed by atoms with Crippen molar-refractivity contribution in [2.45, 2.75) is 6.92 Å². The summed E-state index contributed by atoms with van der Waals surface area (Å²) < 4.78 is 16.1. The van der Waals surface area contributed by atoms with Crippen LogP contribution in [0.2, 0.25) is 0 Å². The smallest absolute Gasteiger partial charge is 0.283 e. The van der Waals surface area contributed by atoms with Gasteiger partial charge in [-0.05, 0) is 49.4 Å². The molecule has 1 heterocycles. The summed E-state index contributed by atoms with van der Waals surface area (Å²) in [5, 5.41) is 5.42. The van der Waals surface area contributed by atoms with Gasteiger partial charge in [-0.1, -0.05) is 29.8 Å². The standard InChI is InChI=1S/C27H24ClN3O6/c1-4-37-21-11-6-5-10-19(21)30-25(32)16-8-7-9-17(14-16)29-24-23(28)26(33)31(27(24)34)20-13-12-18(35-2)15-22(20)36-3/h5-15,29H,4H2,1-3H3,(H,30,32). The second-order valence-corrected chi connectivity index (χ2v) is 8.14. The first-order valence-electron chi connectivity index (χ1n) is 11.3. The maximum atomic E-state index is 13.2. The maximum absolute atomic E-state index is 13.2. The summed E-state index contributed by atoms with van der Waals surface area (Å²) in [5.41, 5.74) is 1.33. The molecule has 0 spiro atoms. The van der Waals surface area contributed by atoms with Crippen molar-refractivity contribution in [2.24, 2.45) is 0 Å². The number of halogens is 1. The van der Waals surface area contributed by atoms with Gasteiger partial charge in [-0.2, -0.15) is 0 Å². The van der Waals surface area contributed by atoms with Gasteiger partial charge in [0, 0.05) is 17.3 Å². The van der Waals surface area contributed by atoms with E-state index in [1.807, 2.05) is 13.0 Å². The zero-order valence-electron chi connectivity index (χ0n) is 20.3. The highest BCUT2D eigenvalue weighted by Crippen LogP contribution is 2.37. The van der Waals surface area contributed by atoms with Gasteiger partial charge < -0.3 is 24.8 Å². The Bertz CT molecular complexity index is 1400. The average Bonchev–Trinajstić information content (AvgIpc) is 3.12. The number of nitrogens with one attached hydrogen (secondary N) is 2. The number of benzene rings is 3. The minimum atomic E-state index is -0.709. The normalized spacial score (nSPS) is 13.0. The fourth-order valence-corrected chi connectivity index (χ4v) is 3.94. The van der Waals surface area contributed by atoms with Crippen LogP contribution in [0.1, 0.15) is 17.3 Å². The first kappa shape index (κ1) is 25.6. The zero-order valence-corrected chi connectivity index (χ0v) is 21.1. The van der Waals surface area contributed by atoms with Crippen LogP contribution in [0.25, 0.3) is 0 Å². The second-order valence-electron chi connectivity index (χ2n) is 7.76. The second kappa shape index (κ2) is 11.0. The van der Waals surface area contributed by atoms with Crippen molar-refractivity contribution >= 4 is 46.4 Å². The van der Waals surface area contributed by atoms with E-state index < -0.39 is 11.8 Å². The molecule has 3 amide bonds. The first-order valence-corrected chi connectivity index (χ1v) is 11.7. The van der Waals surface area contributed by atoms with E-state index in [-0.39, 0.29) is 28.1 Å². The molecule has 0 saturated heterocycles. The Kier molecular flexibility index (Phi) is 7.64. The number of ether oxygens (including phenoxy) is 3. The van der Waals surface area contributed by atoms with Gasteiger partial charge in [-0.15, -0.1) is 0 Å². The number of rotatable bonds is 9. The van der Waals surface area contributed by atoms with E-state index in [1.54, 1.807) is 54.6 Å². The number of anilines is 3. The molecule has 10 heteroatoms. The quantitative estimate of drug-likeness (QED) is 0.390. The molecule has 0 bridgehead atoms. The molecular weight excluding hydrogens is 498 g/mol. The third-order valence-electron chi connectivity index (χ3n) is 5.48. The predicted molar refractivity (Wildman–Crippen MR) is 141 cm³/mol. The van der Waals surface area contributed by atoms with Gasteiger partial charge in [0.15, 0.2) is 0 Å². The molecule has 37 heavy (non-hydrogen) atoms. The molecule has 1 aliphatic heterocycles. The number of amides is 3. The van der Waals surface area contributed by atoms with Crippen molar-refractivity contribution in [1.29, 1.82) is 0 Å². The van der Waals surface area contributed by atoms with E-state index in [2.05, 4.69) is 10.6 Å². The first-order chi connectivity index (χ1) is 17.9. The van der Waals surface area contributed by atoms with Crippen LogP contribution < -0.4 is 29.7 Å². The molecule has 0 unspecified atom stereocenters. The molecular formula is C27H24ClN3O6. The van der Waals surface area contributed by atoms with Crippen molar-refractivity contribution in [3.63, 3.8) is 0 Å². The third-order valence-corrected chi connectivity index (χ3v) is 5.83. The lowest BCUT2D eigenvalue weighted by Crippen LogP contribution is -2.32. The topological polar surface area (TPSA) is 106 Å². The Balaban J connectivity index is 1.56. The molecule has 0 aromatic heterocycles. The van der Waals surface area contributed by atoms with Crippen molar-refractivity contribution in [2.75, 3.05) is 36.4 Å². The number of carbonyl (C=O) groups excluding carboxylic acids is 3. The number of nitrogens with zero attached hydrogens (tertiary/aromatic N) is 1. The number of carbonyl (C=O) groups is 3. The Labute approximate surface area is 218 Å². The number of hydrogen-bond donors (Lipinski definition) is 2. The largest absolute Gasteiger partial charge is 0.497 e. The molecule has 9 nitrogen and oxygen atoms in total. The monoisotopic (exact) mass is 521 g/mol. The van der Waals surface area contributed by atoms with Gasteiger partial charge in [0.1, 0.15) is 28.0 Å². The van der Waals surface area contributed by atoms with Gasteiger partial charge in [-0.25, -0.2) is 4.90 Å². The molecule has 1 aliphatic rings. The summed E-state index contributed by atoms with van der Waals surface area (Å²) in [6.45, 7) is 2.31. The number of hydrogen-bond acceptors (Lipinski definition) is 7. The van der Waals surface area contributed by atoms with Crippen LogP contribution in [-0.4, -0.2) is 38.5 Å². The molecule has 190 valence electrons. The number of methoxy groups -OCH3 is 2. The van der Waals surface area contributed by atoms with Gasteiger partial charge in [0.25, 0.3) is 17.7 Å². The maximum Gasteiger partial charge on any atom is 0.283 e. The zero-order chi connectivity index (χ0) is 26.5. The van der Waals surface area contributed by atoms with Crippen molar-refractivity contribution < 1.29 is 28.6 Å². The highest BCUT2D eigenvalue weighted by molar-refractivity contribution is 6.53. The van der Waals surface area contributed by atoms with Gasteiger partial charge in [0.05, 0.1) is 32.2 Å². The number of imide groups is 1. The van der Waals surface area contributed by atoms with E-state index in [0.717, 1.165) is 4.90 Å². The molecule has 0 fully saturated rings. The summed E-state index contributed by atoms with van der Waals surface area (Å²) in [6.07, 6.45) is 0. The summed E-state index contributed by atoms with van der Waals surface area (Å²) >= 11 is 6.28. The van der Waals surface area contributed by atoms with Crippen LogP contribution in [0.4, 0.5) is 17.1 Å². The van der Waals surface area contributed by atoms with Gasteiger partial charge in [0.2, 0.25) is 0 Å². The van der Waals surface area contributed by atoms with E-state index in [0.29, 0.717) is 35.0 Å². The van der Waals surface area contributed by atoms with Crippen LogP contribution in [0, 0.1) is 0 Å². The van der Waals surface area contributed by atoms with Crippen LogP contribution >= 0.6 is 11.6 Å². The lowest BCUT2D eigenvalue weighted by Gasteiger charge is -2.18. The summed E-state index contributed by atoms with van der Waals surface area (Å²) in [4.78, 5) is 40.0. The van der Waals surface area contributed by atoms with E-state index in [9.17, 15) is 14.4 Å². The molecule has 4 rings (SSSR count). The molecule has 2 N–H and O–H groups in total. The van der Waals surface area contributed by atoms with Crippen molar-refractivity contribution in [3.05, 3.63) is 83.0 Å². The highest BCUT2D eigenvalue weighted by Gasteiger charge is 2.40. The lowest BCUT2D eigenvalue weighted by atomic mass is 10.1. The highest BCUT2D eigenvalue weighted by atomic mass is 35.5. The Hall–Kier alpha value is -4.50. The summed E-state index contributed by atoms with van der Waals surface area (Å²) in [5.74, 6) is -0.449. The SMILES string of the molecule is CCOc1ccccc1NC(=O)c1cccc(NC2=C(Cl)C(=O)N(c3ccc(OC)cc3OC)C2=O)c1. The van der Waals surface area contributed by atoms with E-state index in [1.165, 1.54) is 20.3 Å². The fraction of sp³-hybridized carbons (Fsp3) is 0.148. The minimum absolute atomic E-state index is 0.121. The summed E-state index contributed by atoms with van der Waals surface area (Å²) in [7, 11) is 2.91. The van der Waals surface area contributed by atoms with Crippen molar-refractivity contribution in [3.8, 4) is 17.2 Å². The van der Waals surface area contributed by atoms with Crippen LogP contribution in [0.5, 0.6) is 17.2 Å². The van der Waals surface area contributed by atoms with E-state index >= 15 is 0 Å². The molecule has 0 radical (unpaired) electrons. The number of para-hydroxylation sites is 2. The molecule has 0 atom stereocenters. The van der Waals surface area contributed by atoms with Gasteiger partial charge in [-0.3, -0.25) is 14.4 Å². The van der Waals surface area contributed by atoms with Crippen molar-refractivity contribution in [1.82, 2.24) is 0 Å². The average molecular weight is 522 g/mol. The fourth-order valence-electron chi connectivity index (χ4n) is 3.73. The molecule has 0 aliphatic carbocycles. The minimum Gasteiger partial charge on any atom is -0.497 e. The van der Waals surface area contributed by atoms with Crippen LogP contribution in [0.15, 0.2) is 77.5 Å². The lowest BCUT2D eigenvalue weighted by molar-refractivity contribution is -0.120. The third kappa shape index (κ3) is 5.22. The van der Waals surface area contributed by atoms with Crippen LogP contribution in [0.3, 0.4) is 0 Å².